The Kier molecular flexibility index (Phi) is 40.5. The second-order valence-electron chi connectivity index (χ2n) is 27.9. The van der Waals surface area contributed by atoms with Crippen molar-refractivity contribution in [3.05, 3.63) is 115 Å². The maximum atomic E-state index is 14.6. The number of guanidine groups is 1. The Balaban J connectivity index is 1.51. The number of anilines is 2. The van der Waals surface area contributed by atoms with Gasteiger partial charge in [-0.1, -0.05) is 58.0 Å². The van der Waals surface area contributed by atoms with Gasteiger partial charge in [0.05, 0.1) is 42.0 Å². The van der Waals surface area contributed by atoms with Crippen LogP contribution in [0.1, 0.15) is 129 Å². The van der Waals surface area contributed by atoms with Crippen molar-refractivity contribution in [3.8, 4) is 0 Å². The fraction of sp³-hybridized carbons (Fsp3) is 0.521. The summed E-state index contributed by atoms with van der Waals surface area (Å²) in [4.78, 5) is 217. The van der Waals surface area contributed by atoms with Crippen LogP contribution in [0, 0.1) is 32.1 Å². The predicted molar refractivity (Wildman–Crippen MR) is 421 cm³/mol. The Morgan fingerprint density at radius 2 is 1.05 bits per heavy atom. The second kappa shape index (κ2) is 49.1. The number of fused-ring (bicyclic) bond motifs is 1. The number of rotatable bonds is 53. The van der Waals surface area contributed by atoms with E-state index in [9.17, 15) is 92.5 Å². The van der Waals surface area contributed by atoms with Crippen LogP contribution in [0.5, 0.6) is 0 Å². The SMILES string of the molecule is CC(C)C[C@H](NC(=O)[C@H](CCCCN)NC(=O)[C@@H](NC(=O)CNC(=O)Cc1cc(=O)oc2cc(N)ccc12)C(C)C)C(=O)N[C@@H](CCC(N)=O)C(=O)N[C@@H](CO)C(=O)NCC(=O)N[C@@H](Cc1ccccc1)C(=O)N[C@@H](CCCN=C(N)N)C(=O)N[C@@H](CCCCNc1ccc([N+](=O)[O-])cc1[N+](=O)[O-])C(=O)N[C@@H](CCCCN)C(N)=O. The van der Waals surface area contributed by atoms with Gasteiger partial charge in [-0.3, -0.25) is 87.6 Å². The fourth-order valence-corrected chi connectivity index (χ4v) is 11.7. The lowest BCUT2D eigenvalue weighted by atomic mass is 9.99. The number of primary amides is 2. The van der Waals surface area contributed by atoms with Crippen molar-refractivity contribution in [2.45, 2.75) is 185 Å². The van der Waals surface area contributed by atoms with E-state index in [-0.39, 0.29) is 114 Å². The van der Waals surface area contributed by atoms with Crippen molar-refractivity contribution in [2.75, 3.05) is 56.9 Å². The van der Waals surface area contributed by atoms with Gasteiger partial charge >= 0.3 is 5.63 Å². The molecule has 9 atom stereocenters. The molecule has 13 amide bonds. The summed E-state index contributed by atoms with van der Waals surface area (Å²) >= 11 is 0. The van der Waals surface area contributed by atoms with Crippen molar-refractivity contribution in [1.82, 2.24) is 58.5 Å². The van der Waals surface area contributed by atoms with Crippen molar-refractivity contribution < 1.29 is 81.7 Å². The number of nitro groups is 2. The van der Waals surface area contributed by atoms with Crippen molar-refractivity contribution in [2.24, 2.45) is 51.2 Å². The summed E-state index contributed by atoms with van der Waals surface area (Å²) in [5, 5.41) is 64.6. The van der Waals surface area contributed by atoms with E-state index in [1.54, 1.807) is 70.2 Å². The highest BCUT2D eigenvalue weighted by Crippen LogP contribution is 2.29. The predicted octanol–water partition coefficient (Wildman–Crippen LogP) is -3.39. The van der Waals surface area contributed by atoms with E-state index in [0.29, 0.717) is 47.9 Å². The lowest BCUT2D eigenvalue weighted by molar-refractivity contribution is -0.393. The maximum absolute atomic E-state index is 14.6. The molecule has 0 bridgehead atoms. The maximum Gasteiger partial charge on any atom is 0.336 e. The van der Waals surface area contributed by atoms with E-state index in [0.717, 1.165) is 24.3 Å². The topological polar surface area (TPSA) is 697 Å². The van der Waals surface area contributed by atoms with Gasteiger partial charge in [-0.2, -0.15) is 0 Å². The number of nitrogen functional groups attached to an aromatic ring is 1. The number of carbonyl (C=O) groups is 13. The molecule has 0 spiro atoms. The molecular formula is C73H108N22O20. The highest BCUT2D eigenvalue weighted by Gasteiger charge is 2.36. The Labute approximate surface area is 661 Å². The number of nitrogens with zero attached hydrogens (tertiary/aromatic N) is 3. The zero-order valence-corrected chi connectivity index (χ0v) is 64.6. The number of nitrogens with two attached hydrogens (primary N) is 7. The molecule has 0 unspecified atom stereocenters. The van der Waals surface area contributed by atoms with Crippen LogP contribution in [-0.2, 0) is 75.2 Å². The average Bonchev–Trinajstić information content (AvgIpc) is 0.812. The first-order valence-corrected chi connectivity index (χ1v) is 37.5. The molecule has 1 heterocycles. The molecule has 630 valence electrons. The first-order valence-electron chi connectivity index (χ1n) is 37.5. The molecule has 4 rings (SSSR count). The summed E-state index contributed by atoms with van der Waals surface area (Å²) in [5.74, 6) is -13.3. The number of non-ortho nitro benzene ring substituents is 1. The summed E-state index contributed by atoms with van der Waals surface area (Å²) in [6.07, 6.45) is -0.0274. The first kappa shape index (κ1) is 94.9. The monoisotopic (exact) mass is 1610 g/mol. The zero-order valence-electron chi connectivity index (χ0n) is 64.6. The van der Waals surface area contributed by atoms with E-state index in [1.165, 1.54) is 6.07 Å². The molecule has 0 radical (unpaired) electrons. The van der Waals surface area contributed by atoms with E-state index in [4.69, 9.17) is 44.6 Å². The lowest BCUT2D eigenvalue weighted by Crippen LogP contribution is -2.60. The smallest absolute Gasteiger partial charge is 0.336 e. The van der Waals surface area contributed by atoms with Crippen LogP contribution in [0.4, 0.5) is 22.7 Å². The minimum absolute atomic E-state index is 0.0177. The standard InChI is InChI=1S/C73H108N22O20/c1-40(2)31-53(91-68(106)50(18-9-12-28-75)90-72(110)63(41(3)4)93-61(100)37-83-59(98)33-43-34-62(101)115-57-35-44(76)21-23-46(43)57)70(108)89-52(25-26-58(77)97)69(107)92-55(39-96)65(103)84-38-60(99)85-54(32-42-15-6-5-7-16-42)71(109)88-51(20-14-30-82-73(79)80)67(105)87-49(66(104)86-48(64(78)102)17-8-11-27-74)19-10-13-29-81-47-24-22-45(94(111)112)36-56(47)95(113)114/h5-7,15-16,21-24,34-36,40-41,48-55,63,81,96H,8-14,17-20,25-33,37-39,74-76H2,1-4H3,(H2,77,97)(H2,78,102)(H,83,98)(H,84,103)(H,85,99)(H,86,104)(H,87,105)(H,88,109)(H,89,108)(H,90,110)(H,91,106)(H,92,107)(H,93,100)(H4,79,80,82)/t48-,49-,50-,51-,52-,53-,54-,55-,63-/m0/s1. The summed E-state index contributed by atoms with van der Waals surface area (Å²) < 4.78 is 5.20. The van der Waals surface area contributed by atoms with E-state index >= 15 is 0 Å². The van der Waals surface area contributed by atoms with Gasteiger partial charge in [-0.05, 0) is 138 Å². The van der Waals surface area contributed by atoms with Gasteiger partial charge in [0.1, 0.15) is 65.6 Å². The van der Waals surface area contributed by atoms with Gasteiger partial charge in [0.2, 0.25) is 76.8 Å². The van der Waals surface area contributed by atoms with Crippen LogP contribution in [0.15, 0.2) is 87.0 Å². The number of benzene rings is 3. The highest BCUT2D eigenvalue weighted by atomic mass is 16.6. The number of amides is 13. The third-order valence-electron chi connectivity index (χ3n) is 17.8. The van der Waals surface area contributed by atoms with Crippen LogP contribution >= 0.6 is 0 Å². The van der Waals surface area contributed by atoms with Gasteiger partial charge in [0.25, 0.3) is 11.4 Å². The second-order valence-corrected chi connectivity index (χ2v) is 27.9. The lowest BCUT2D eigenvalue weighted by Gasteiger charge is -2.28. The van der Waals surface area contributed by atoms with Gasteiger partial charge in [-0.25, -0.2) is 4.79 Å². The molecule has 0 aliphatic heterocycles. The van der Waals surface area contributed by atoms with Crippen molar-refractivity contribution in [3.63, 3.8) is 0 Å². The number of carbonyl (C=O) groups excluding carboxylic acids is 13. The van der Waals surface area contributed by atoms with Crippen LogP contribution < -0.4 is 110 Å². The van der Waals surface area contributed by atoms with Crippen molar-refractivity contribution in [1.29, 1.82) is 0 Å². The van der Waals surface area contributed by atoms with Crippen LogP contribution in [0.2, 0.25) is 0 Å². The van der Waals surface area contributed by atoms with E-state index in [1.807, 2.05) is 0 Å². The first-order chi connectivity index (χ1) is 54.5. The van der Waals surface area contributed by atoms with Gasteiger partial charge in [0, 0.05) is 55.2 Å². The Morgan fingerprint density at radius 3 is 1.60 bits per heavy atom. The highest BCUT2D eigenvalue weighted by molar-refractivity contribution is 5.99. The molecule has 0 aliphatic carbocycles. The number of hydrogen-bond acceptors (Lipinski definition) is 25. The van der Waals surface area contributed by atoms with E-state index in [2.05, 4.69) is 68.8 Å². The minimum atomic E-state index is -1.86. The van der Waals surface area contributed by atoms with Gasteiger partial charge < -0.3 is 113 Å². The van der Waals surface area contributed by atoms with Crippen LogP contribution in [-0.4, -0.2) is 198 Å². The normalized spacial score (nSPS) is 13.4. The van der Waals surface area contributed by atoms with Crippen LogP contribution in [0.25, 0.3) is 11.0 Å². The number of hydrogen-bond donors (Lipinski definition) is 20. The summed E-state index contributed by atoms with van der Waals surface area (Å²) in [7, 11) is 0. The largest absolute Gasteiger partial charge is 0.423 e. The van der Waals surface area contributed by atoms with Gasteiger partial charge in [-0.15, -0.1) is 0 Å². The molecule has 115 heavy (non-hydrogen) atoms. The molecule has 0 fully saturated rings. The molecule has 3 aromatic carbocycles. The number of nitro benzene ring substituents is 2. The molecule has 1 aromatic heterocycles. The molecule has 4 aromatic rings. The average molecular weight is 1610 g/mol. The van der Waals surface area contributed by atoms with Crippen LogP contribution in [0.3, 0.4) is 0 Å². The third kappa shape index (κ3) is 34.2. The minimum Gasteiger partial charge on any atom is -0.423 e. The quantitative estimate of drug-likeness (QED) is 0.00390. The molecule has 42 nitrogen and oxygen atoms in total. The Morgan fingerprint density at radius 1 is 0.530 bits per heavy atom. The number of aliphatic imine (C=N–C) groups is 1. The molecule has 0 aliphatic rings. The molecular weight excluding hydrogens is 1500 g/mol. The van der Waals surface area contributed by atoms with Crippen molar-refractivity contribution >= 4 is 116 Å². The zero-order chi connectivity index (χ0) is 85.4. The fourth-order valence-electron chi connectivity index (χ4n) is 11.7. The Hall–Kier alpha value is -12.5. The Bertz CT molecular complexity index is 4120. The summed E-state index contributed by atoms with van der Waals surface area (Å²) in [6, 6.07) is 3.57. The number of unbranched alkanes of at least 4 members (excludes halogenated alkanes) is 3. The molecule has 27 N–H and O–H groups in total. The number of aliphatic hydroxyl groups is 1. The molecule has 0 saturated carbocycles. The molecule has 0 saturated heterocycles. The van der Waals surface area contributed by atoms with Gasteiger partial charge in [0.15, 0.2) is 5.96 Å². The number of aliphatic hydroxyl groups excluding tert-OH is 1. The summed E-state index contributed by atoms with van der Waals surface area (Å²) in [6.45, 7) is 4.46. The van der Waals surface area contributed by atoms with E-state index < -0.39 is 196 Å². The molecule has 42 heteroatoms. The third-order valence-corrected chi connectivity index (χ3v) is 17.8. The summed E-state index contributed by atoms with van der Waals surface area (Å²) in [5.41, 5.74) is 38.9. The number of nitrogens with one attached hydrogen (secondary N) is 12.